The molecular weight excluding hydrogens is 162 g/mol. The van der Waals surface area contributed by atoms with Crippen LogP contribution in [0.25, 0.3) is 0 Å². The zero-order chi connectivity index (χ0) is 9.84. The van der Waals surface area contributed by atoms with E-state index < -0.39 is 0 Å². The minimum absolute atomic E-state index is 0.486. The zero-order valence-electron chi connectivity index (χ0n) is 8.46. The standard InChI is InChI=1S/C10H15N3/c1-4-9-8(6-7-11)10(5-2)13(3)12-9/h4-6H2,1-3H3. The average molecular weight is 177 g/mol. The van der Waals surface area contributed by atoms with Crippen molar-refractivity contribution in [2.24, 2.45) is 7.05 Å². The van der Waals surface area contributed by atoms with Crippen LogP contribution in [0.2, 0.25) is 0 Å². The third-order valence-electron chi connectivity index (χ3n) is 2.28. The fraction of sp³-hybridized carbons (Fsp3) is 0.600. The third-order valence-corrected chi connectivity index (χ3v) is 2.28. The van der Waals surface area contributed by atoms with Crippen molar-refractivity contribution in [2.45, 2.75) is 33.1 Å². The first kappa shape index (κ1) is 9.79. The molecule has 0 fully saturated rings. The summed E-state index contributed by atoms with van der Waals surface area (Å²) in [6.45, 7) is 4.17. The van der Waals surface area contributed by atoms with Crippen LogP contribution < -0.4 is 0 Å². The monoisotopic (exact) mass is 177 g/mol. The second-order valence-corrected chi connectivity index (χ2v) is 3.04. The normalized spacial score (nSPS) is 10.0. The van der Waals surface area contributed by atoms with Crippen LogP contribution in [0, 0.1) is 11.3 Å². The summed E-state index contributed by atoms with van der Waals surface area (Å²) in [6, 6.07) is 2.19. The Morgan fingerprint density at radius 1 is 1.38 bits per heavy atom. The van der Waals surface area contributed by atoms with E-state index in [1.165, 1.54) is 5.69 Å². The minimum Gasteiger partial charge on any atom is -0.272 e. The molecule has 0 amide bonds. The molecule has 1 heterocycles. The maximum atomic E-state index is 8.68. The van der Waals surface area contributed by atoms with E-state index in [9.17, 15) is 0 Å². The molecule has 0 aliphatic carbocycles. The average Bonchev–Trinajstić information content (AvgIpc) is 2.43. The molecule has 3 nitrogen and oxygen atoms in total. The maximum Gasteiger partial charge on any atom is 0.0671 e. The third kappa shape index (κ3) is 1.72. The van der Waals surface area contributed by atoms with Crippen LogP contribution in [-0.4, -0.2) is 9.78 Å². The van der Waals surface area contributed by atoms with Crippen molar-refractivity contribution < 1.29 is 0 Å². The van der Waals surface area contributed by atoms with Gasteiger partial charge in [-0.25, -0.2) is 0 Å². The van der Waals surface area contributed by atoms with Gasteiger partial charge in [0.15, 0.2) is 0 Å². The number of nitriles is 1. The molecule has 0 aliphatic heterocycles. The molecule has 0 spiro atoms. The Labute approximate surface area is 79.0 Å². The Morgan fingerprint density at radius 2 is 2.08 bits per heavy atom. The highest BCUT2D eigenvalue weighted by Gasteiger charge is 2.12. The number of hydrogen-bond acceptors (Lipinski definition) is 2. The van der Waals surface area contributed by atoms with Crippen LogP contribution in [-0.2, 0) is 26.3 Å². The van der Waals surface area contributed by atoms with Gasteiger partial charge in [-0.1, -0.05) is 13.8 Å². The van der Waals surface area contributed by atoms with Crippen molar-refractivity contribution in [1.82, 2.24) is 9.78 Å². The van der Waals surface area contributed by atoms with E-state index in [0.29, 0.717) is 6.42 Å². The predicted octanol–water partition coefficient (Wildman–Crippen LogP) is 1.61. The van der Waals surface area contributed by atoms with Gasteiger partial charge in [0.2, 0.25) is 0 Å². The lowest BCUT2D eigenvalue weighted by Gasteiger charge is -1.99. The summed E-state index contributed by atoms with van der Waals surface area (Å²) in [5.41, 5.74) is 3.40. The Kier molecular flexibility index (Phi) is 3.07. The van der Waals surface area contributed by atoms with E-state index in [1.54, 1.807) is 0 Å². The first-order chi connectivity index (χ1) is 6.24. The van der Waals surface area contributed by atoms with Crippen LogP contribution >= 0.6 is 0 Å². The fourth-order valence-corrected chi connectivity index (χ4v) is 1.67. The Morgan fingerprint density at radius 3 is 2.54 bits per heavy atom. The highest BCUT2D eigenvalue weighted by atomic mass is 15.3. The van der Waals surface area contributed by atoms with Crippen LogP contribution in [0.4, 0.5) is 0 Å². The highest BCUT2D eigenvalue weighted by molar-refractivity contribution is 5.29. The number of rotatable bonds is 3. The van der Waals surface area contributed by atoms with E-state index >= 15 is 0 Å². The zero-order valence-corrected chi connectivity index (χ0v) is 8.46. The summed E-state index contributed by atoms with van der Waals surface area (Å²) in [5, 5.41) is 13.1. The topological polar surface area (TPSA) is 41.6 Å². The molecule has 0 saturated heterocycles. The van der Waals surface area contributed by atoms with Crippen molar-refractivity contribution in [3.05, 3.63) is 17.0 Å². The lowest BCUT2D eigenvalue weighted by atomic mass is 10.1. The predicted molar refractivity (Wildman–Crippen MR) is 51.3 cm³/mol. The lowest BCUT2D eigenvalue weighted by Crippen LogP contribution is -1.98. The van der Waals surface area contributed by atoms with E-state index in [2.05, 4.69) is 25.0 Å². The summed E-state index contributed by atoms with van der Waals surface area (Å²) in [6.07, 6.45) is 2.34. The van der Waals surface area contributed by atoms with E-state index in [4.69, 9.17) is 5.26 Å². The van der Waals surface area contributed by atoms with Crippen LogP contribution in [0.1, 0.15) is 30.8 Å². The molecule has 0 atom stereocenters. The highest BCUT2D eigenvalue weighted by Crippen LogP contribution is 2.15. The van der Waals surface area contributed by atoms with Crippen LogP contribution in [0.5, 0.6) is 0 Å². The molecule has 0 N–H and O–H groups in total. The van der Waals surface area contributed by atoms with Gasteiger partial charge in [0.25, 0.3) is 0 Å². The Hall–Kier alpha value is -1.30. The lowest BCUT2D eigenvalue weighted by molar-refractivity contribution is 0.704. The van der Waals surface area contributed by atoms with Crippen LogP contribution in [0.15, 0.2) is 0 Å². The number of aryl methyl sites for hydroxylation is 2. The number of hydrogen-bond donors (Lipinski definition) is 0. The number of aromatic nitrogens is 2. The van der Waals surface area contributed by atoms with Gasteiger partial charge in [0.05, 0.1) is 18.2 Å². The first-order valence-corrected chi connectivity index (χ1v) is 4.65. The van der Waals surface area contributed by atoms with Gasteiger partial charge in [-0.3, -0.25) is 4.68 Å². The molecular formula is C10H15N3. The molecule has 0 aromatic carbocycles. The van der Waals surface area contributed by atoms with Gasteiger partial charge < -0.3 is 0 Å². The second-order valence-electron chi connectivity index (χ2n) is 3.04. The molecule has 3 heteroatoms. The number of nitrogens with zero attached hydrogens (tertiary/aromatic N) is 3. The largest absolute Gasteiger partial charge is 0.272 e. The molecule has 0 saturated carbocycles. The van der Waals surface area contributed by atoms with Gasteiger partial charge in [-0.15, -0.1) is 0 Å². The molecule has 13 heavy (non-hydrogen) atoms. The minimum atomic E-state index is 0.486. The summed E-state index contributed by atoms with van der Waals surface area (Å²) in [5.74, 6) is 0. The summed E-state index contributed by atoms with van der Waals surface area (Å²) in [7, 11) is 1.94. The van der Waals surface area contributed by atoms with Crippen molar-refractivity contribution in [2.75, 3.05) is 0 Å². The molecule has 70 valence electrons. The maximum absolute atomic E-state index is 8.68. The molecule has 1 aromatic rings. The van der Waals surface area contributed by atoms with Gasteiger partial charge >= 0.3 is 0 Å². The van der Waals surface area contributed by atoms with Crippen molar-refractivity contribution in [3.63, 3.8) is 0 Å². The van der Waals surface area contributed by atoms with Crippen molar-refractivity contribution in [3.8, 4) is 6.07 Å². The smallest absolute Gasteiger partial charge is 0.0671 e. The van der Waals surface area contributed by atoms with Crippen molar-refractivity contribution >= 4 is 0 Å². The van der Waals surface area contributed by atoms with Gasteiger partial charge in [0.1, 0.15) is 0 Å². The molecule has 0 bridgehead atoms. The summed E-state index contributed by atoms with van der Waals surface area (Å²) < 4.78 is 1.89. The van der Waals surface area contributed by atoms with E-state index in [0.717, 1.165) is 24.1 Å². The van der Waals surface area contributed by atoms with Crippen molar-refractivity contribution in [1.29, 1.82) is 5.26 Å². The Balaban J connectivity index is 3.17. The molecule has 1 aromatic heterocycles. The van der Waals surface area contributed by atoms with Gasteiger partial charge in [0, 0.05) is 18.3 Å². The van der Waals surface area contributed by atoms with E-state index in [1.807, 2.05) is 11.7 Å². The van der Waals surface area contributed by atoms with Gasteiger partial charge in [-0.2, -0.15) is 10.4 Å². The fourth-order valence-electron chi connectivity index (χ4n) is 1.67. The Bertz CT molecular complexity index is 331. The second kappa shape index (κ2) is 4.08. The SMILES string of the molecule is CCc1nn(C)c(CC)c1CC#N. The summed E-state index contributed by atoms with van der Waals surface area (Å²) >= 11 is 0. The molecule has 0 unspecified atom stereocenters. The molecule has 1 rings (SSSR count). The van der Waals surface area contributed by atoms with E-state index in [-0.39, 0.29) is 0 Å². The molecule has 0 radical (unpaired) electrons. The summed E-state index contributed by atoms with van der Waals surface area (Å²) in [4.78, 5) is 0. The quantitative estimate of drug-likeness (QED) is 0.703. The first-order valence-electron chi connectivity index (χ1n) is 4.65. The van der Waals surface area contributed by atoms with Gasteiger partial charge in [-0.05, 0) is 12.8 Å². The van der Waals surface area contributed by atoms with Crippen LogP contribution in [0.3, 0.4) is 0 Å². The molecule has 0 aliphatic rings.